The van der Waals surface area contributed by atoms with Crippen LogP contribution in [0.15, 0.2) is 24.3 Å². The number of fused-ring (bicyclic) bond motifs is 2. The number of likely N-dealkylation sites (tertiary alicyclic amines) is 1. The number of likely N-dealkylation sites (N-methyl/N-ethyl adjacent to an activating group) is 1. The summed E-state index contributed by atoms with van der Waals surface area (Å²) in [5.41, 5.74) is 0.934. The molecule has 2 heterocycles. The fourth-order valence-electron chi connectivity index (χ4n) is 3.39. The Morgan fingerprint density at radius 1 is 1.40 bits per heavy atom. The molecule has 5 heteroatoms. The van der Waals surface area contributed by atoms with Crippen molar-refractivity contribution >= 4 is 17.7 Å². The molecule has 0 aromatic heterocycles. The van der Waals surface area contributed by atoms with Crippen LogP contribution in [0.1, 0.15) is 25.3 Å². The molecule has 2 aliphatic rings. The fourth-order valence-corrected chi connectivity index (χ4v) is 3.39. The number of para-hydroxylation sites is 1. The van der Waals surface area contributed by atoms with E-state index in [1.54, 1.807) is 23.8 Å². The van der Waals surface area contributed by atoms with Gasteiger partial charge in [0.25, 0.3) is 5.91 Å². The summed E-state index contributed by atoms with van der Waals surface area (Å²) in [7, 11) is 1.76. The molecule has 1 aromatic carbocycles. The summed E-state index contributed by atoms with van der Waals surface area (Å²) in [6.07, 6.45) is 1.07. The predicted molar refractivity (Wildman–Crippen MR) is 74.5 cm³/mol. The van der Waals surface area contributed by atoms with E-state index in [0.29, 0.717) is 19.6 Å². The standard InChI is InChI=1S/C15H18N2O3/c1-3-20-14(19)17-10-6-9-15(17)11-7-4-5-8-12(11)16(2)13(15)18/h4-5,7-8H,3,6,9-10H2,1-2H3. The van der Waals surface area contributed by atoms with Crippen molar-refractivity contribution < 1.29 is 14.3 Å². The Labute approximate surface area is 118 Å². The lowest BCUT2D eigenvalue weighted by molar-refractivity contribution is -0.127. The highest BCUT2D eigenvalue weighted by Crippen LogP contribution is 2.49. The molecule has 20 heavy (non-hydrogen) atoms. The minimum atomic E-state index is -0.863. The highest BCUT2D eigenvalue weighted by Gasteiger charge is 2.57. The van der Waals surface area contributed by atoms with Gasteiger partial charge in [0.2, 0.25) is 0 Å². The number of ether oxygens (including phenoxy) is 1. The van der Waals surface area contributed by atoms with Crippen LogP contribution in [-0.4, -0.2) is 37.1 Å². The summed E-state index contributed by atoms with van der Waals surface area (Å²) in [6.45, 7) is 2.65. The normalized spacial score (nSPS) is 24.4. The third-order valence-corrected chi connectivity index (χ3v) is 4.24. The Hall–Kier alpha value is -2.04. The SMILES string of the molecule is CCOC(=O)N1CCCC12C(=O)N(C)c1ccccc12. The van der Waals surface area contributed by atoms with Gasteiger partial charge in [-0.1, -0.05) is 18.2 Å². The Bertz CT molecular complexity index is 572. The van der Waals surface area contributed by atoms with Gasteiger partial charge in [0.1, 0.15) is 0 Å². The van der Waals surface area contributed by atoms with Crippen molar-refractivity contribution in [1.29, 1.82) is 0 Å². The van der Waals surface area contributed by atoms with Crippen LogP contribution in [-0.2, 0) is 15.1 Å². The first kappa shape index (κ1) is 13.0. The Balaban J connectivity index is 2.11. The lowest BCUT2D eigenvalue weighted by atomic mass is 9.89. The molecule has 2 aliphatic heterocycles. The largest absolute Gasteiger partial charge is 0.450 e. The maximum absolute atomic E-state index is 12.8. The van der Waals surface area contributed by atoms with Crippen molar-refractivity contribution in [2.24, 2.45) is 0 Å². The molecule has 1 spiro atoms. The molecular weight excluding hydrogens is 256 g/mol. The Morgan fingerprint density at radius 3 is 2.90 bits per heavy atom. The average molecular weight is 274 g/mol. The molecule has 0 saturated carbocycles. The van der Waals surface area contributed by atoms with Crippen LogP contribution in [0.5, 0.6) is 0 Å². The van der Waals surface area contributed by atoms with Crippen LogP contribution >= 0.6 is 0 Å². The summed E-state index contributed by atoms with van der Waals surface area (Å²) < 4.78 is 5.13. The lowest BCUT2D eigenvalue weighted by Crippen LogP contribution is -2.51. The van der Waals surface area contributed by atoms with Crippen molar-refractivity contribution in [2.75, 3.05) is 25.1 Å². The van der Waals surface area contributed by atoms with Gasteiger partial charge in [-0.3, -0.25) is 9.69 Å². The van der Waals surface area contributed by atoms with E-state index in [0.717, 1.165) is 17.7 Å². The highest BCUT2D eigenvalue weighted by atomic mass is 16.6. The molecule has 1 unspecified atom stereocenters. The molecule has 0 N–H and O–H groups in total. The molecule has 1 aromatic rings. The Kier molecular flexibility index (Phi) is 2.92. The smallest absolute Gasteiger partial charge is 0.410 e. The molecule has 1 fully saturated rings. The molecule has 106 valence electrons. The maximum Gasteiger partial charge on any atom is 0.410 e. The van der Waals surface area contributed by atoms with Crippen LogP contribution in [0.25, 0.3) is 0 Å². The second-order valence-electron chi connectivity index (χ2n) is 5.20. The summed E-state index contributed by atoms with van der Waals surface area (Å²) in [5, 5.41) is 0. The van der Waals surface area contributed by atoms with E-state index in [1.165, 1.54) is 0 Å². The number of hydrogen-bond acceptors (Lipinski definition) is 3. The topological polar surface area (TPSA) is 49.9 Å². The highest BCUT2D eigenvalue weighted by molar-refractivity contribution is 6.09. The number of anilines is 1. The number of amides is 2. The van der Waals surface area contributed by atoms with Gasteiger partial charge in [0.05, 0.1) is 6.61 Å². The second-order valence-corrected chi connectivity index (χ2v) is 5.20. The summed E-state index contributed by atoms with van der Waals surface area (Å²) in [6, 6.07) is 7.68. The molecular formula is C15H18N2O3. The minimum absolute atomic E-state index is 0.0377. The molecule has 0 bridgehead atoms. The van der Waals surface area contributed by atoms with Gasteiger partial charge in [-0.2, -0.15) is 0 Å². The van der Waals surface area contributed by atoms with Gasteiger partial charge in [-0.05, 0) is 25.8 Å². The molecule has 0 aliphatic carbocycles. The average Bonchev–Trinajstić information content (AvgIpc) is 2.99. The van der Waals surface area contributed by atoms with Crippen molar-refractivity contribution in [2.45, 2.75) is 25.3 Å². The summed E-state index contributed by atoms with van der Waals surface area (Å²) in [5.74, 6) is -0.0377. The molecule has 0 radical (unpaired) electrons. The van der Waals surface area contributed by atoms with Gasteiger partial charge in [0.15, 0.2) is 5.54 Å². The van der Waals surface area contributed by atoms with E-state index < -0.39 is 11.6 Å². The van der Waals surface area contributed by atoms with Crippen LogP contribution in [0.4, 0.5) is 10.5 Å². The number of carbonyl (C=O) groups excluding carboxylic acids is 2. The number of benzene rings is 1. The number of nitrogens with zero attached hydrogens (tertiary/aromatic N) is 2. The van der Waals surface area contributed by atoms with Crippen molar-refractivity contribution in [3.05, 3.63) is 29.8 Å². The van der Waals surface area contributed by atoms with Crippen molar-refractivity contribution in [3.63, 3.8) is 0 Å². The first-order valence-electron chi connectivity index (χ1n) is 6.95. The molecule has 1 atom stereocenters. The zero-order valence-electron chi connectivity index (χ0n) is 11.8. The third kappa shape index (κ3) is 1.49. The van der Waals surface area contributed by atoms with Crippen molar-refractivity contribution in [1.82, 2.24) is 4.90 Å². The van der Waals surface area contributed by atoms with Gasteiger partial charge >= 0.3 is 6.09 Å². The van der Waals surface area contributed by atoms with Crippen LogP contribution in [0.2, 0.25) is 0 Å². The zero-order valence-corrected chi connectivity index (χ0v) is 11.8. The minimum Gasteiger partial charge on any atom is -0.450 e. The monoisotopic (exact) mass is 274 g/mol. The van der Waals surface area contributed by atoms with Gasteiger partial charge in [-0.25, -0.2) is 4.79 Å². The maximum atomic E-state index is 12.8. The first-order chi connectivity index (χ1) is 9.63. The van der Waals surface area contributed by atoms with Crippen LogP contribution in [0.3, 0.4) is 0 Å². The van der Waals surface area contributed by atoms with Gasteiger partial charge in [-0.15, -0.1) is 0 Å². The molecule has 3 rings (SSSR count). The van der Waals surface area contributed by atoms with E-state index in [4.69, 9.17) is 4.74 Å². The van der Waals surface area contributed by atoms with E-state index in [1.807, 2.05) is 24.3 Å². The second kappa shape index (κ2) is 4.51. The quantitative estimate of drug-likeness (QED) is 0.788. The van der Waals surface area contributed by atoms with E-state index in [2.05, 4.69) is 0 Å². The van der Waals surface area contributed by atoms with E-state index in [-0.39, 0.29) is 5.91 Å². The Morgan fingerprint density at radius 2 is 2.15 bits per heavy atom. The first-order valence-corrected chi connectivity index (χ1v) is 6.95. The van der Waals surface area contributed by atoms with Crippen LogP contribution in [0, 0.1) is 0 Å². The summed E-state index contributed by atoms with van der Waals surface area (Å²) in [4.78, 5) is 28.2. The number of rotatable bonds is 1. The predicted octanol–water partition coefficient (Wildman–Crippen LogP) is 2.11. The van der Waals surface area contributed by atoms with E-state index >= 15 is 0 Å². The van der Waals surface area contributed by atoms with Gasteiger partial charge < -0.3 is 9.64 Å². The van der Waals surface area contributed by atoms with Crippen molar-refractivity contribution in [3.8, 4) is 0 Å². The molecule has 2 amide bonds. The number of carbonyl (C=O) groups is 2. The summed E-state index contributed by atoms with van der Waals surface area (Å²) >= 11 is 0. The molecule has 1 saturated heterocycles. The zero-order chi connectivity index (χ0) is 14.3. The van der Waals surface area contributed by atoms with Crippen LogP contribution < -0.4 is 4.90 Å². The fraction of sp³-hybridized carbons (Fsp3) is 0.467. The third-order valence-electron chi connectivity index (χ3n) is 4.24. The molecule has 5 nitrogen and oxygen atoms in total. The van der Waals surface area contributed by atoms with E-state index in [9.17, 15) is 9.59 Å². The van der Waals surface area contributed by atoms with Gasteiger partial charge in [0, 0.05) is 24.8 Å². The number of hydrogen-bond donors (Lipinski definition) is 0. The lowest BCUT2D eigenvalue weighted by Gasteiger charge is -2.32.